The number of nitrogens with zero attached hydrogens (tertiary/aromatic N) is 2. The smallest absolute Gasteiger partial charge is 0.243 e. The van der Waals surface area contributed by atoms with Crippen LogP contribution in [0.1, 0.15) is 29.3 Å². The standard InChI is InChI=1S/C24H32N2O6S/c1-19(27)20-5-8-23(9-6-20)33(28,29)26(12-4-11-25-13-15-32-16-14-25)18-21-17-22(30-2)7-10-24(21)31-3/h5-10,17H,4,11-16,18H2,1-3H3. The van der Waals surface area contributed by atoms with Crippen molar-refractivity contribution in [3.63, 3.8) is 0 Å². The van der Waals surface area contributed by atoms with Crippen LogP contribution in [0.5, 0.6) is 11.5 Å². The highest BCUT2D eigenvalue weighted by molar-refractivity contribution is 7.89. The lowest BCUT2D eigenvalue weighted by atomic mass is 10.2. The van der Waals surface area contributed by atoms with Crippen LogP contribution in [0.4, 0.5) is 0 Å². The van der Waals surface area contributed by atoms with Crippen molar-refractivity contribution in [3.05, 3.63) is 53.6 Å². The molecule has 1 fully saturated rings. The Bertz CT molecular complexity index is 1030. The van der Waals surface area contributed by atoms with E-state index >= 15 is 0 Å². The summed E-state index contributed by atoms with van der Waals surface area (Å²) in [7, 11) is -0.680. The highest BCUT2D eigenvalue weighted by atomic mass is 32.2. The van der Waals surface area contributed by atoms with Crippen molar-refractivity contribution in [3.8, 4) is 11.5 Å². The number of rotatable bonds is 11. The lowest BCUT2D eigenvalue weighted by molar-refractivity contribution is 0.0368. The van der Waals surface area contributed by atoms with Crippen LogP contribution in [-0.2, 0) is 21.3 Å². The van der Waals surface area contributed by atoms with Crippen LogP contribution in [0.15, 0.2) is 47.4 Å². The molecule has 3 rings (SSSR count). The van der Waals surface area contributed by atoms with Crippen molar-refractivity contribution >= 4 is 15.8 Å². The van der Waals surface area contributed by atoms with Gasteiger partial charge in [-0.1, -0.05) is 12.1 Å². The van der Waals surface area contributed by atoms with Crippen molar-refractivity contribution in [2.24, 2.45) is 0 Å². The first-order chi connectivity index (χ1) is 15.8. The number of morpholine rings is 1. The topological polar surface area (TPSA) is 85.4 Å². The maximum atomic E-state index is 13.6. The average molecular weight is 477 g/mol. The van der Waals surface area contributed by atoms with Crippen LogP contribution in [-0.4, -0.2) is 77.0 Å². The van der Waals surface area contributed by atoms with Gasteiger partial charge in [0.15, 0.2) is 5.78 Å². The number of carbonyl (C=O) groups is 1. The molecule has 1 aliphatic heterocycles. The molecule has 8 nitrogen and oxygen atoms in total. The molecule has 2 aromatic carbocycles. The van der Waals surface area contributed by atoms with Gasteiger partial charge in [-0.2, -0.15) is 4.31 Å². The molecule has 0 radical (unpaired) electrons. The molecule has 1 heterocycles. The van der Waals surface area contributed by atoms with E-state index in [2.05, 4.69) is 4.90 Å². The molecule has 1 saturated heterocycles. The van der Waals surface area contributed by atoms with E-state index in [0.717, 1.165) is 19.6 Å². The fourth-order valence-corrected chi connectivity index (χ4v) is 5.24. The number of hydrogen-bond donors (Lipinski definition) is 0. The Labute approximate surface area is 196 Å². The van der Waals surface area contributed by atoms with Crippen LogP contribution < -0.4 is 9.47 Å². The zero-order valence-corrected chi connectivity index (χ0v) is 20.3. The van der Waals surface area contributed by atoms with Crippen molar-refractivity contribution in [2.45, 2.75) is 24.8 Å². The van der Waals surface area contributed by atoms with Gasteiger partial charge in [-0.25, -0.2) is 8.42 Å². The molecule has 0 N–H and O–H groups in total. The van der Waals surface area contributed by atoms with E-state index in [-0.39, 0.29) is 17.2 Å². The molecule has 9 heteroatoms. The Kier molecular flexibility index (Phi) is 8.85. The Hall–Kier alpha value is -2.46. The predicted octanol–water partition coefficient (Wildman–Crippen LogP) is 2.82. The molecule has 33 heavy (non-hydrogen) atoms. The Balaban J connectivity index is 1.86. The lowest BCUT2D eigenvalue weighted by Gasteiger charge is -2.28. The molecule has 0 atom stereocenters. The molecule has 0 aromatic heterocycles. The molecule has 0 aliphatic carbocycles. The van der Waals surface area contributed by atoms with Gasteiger partial charge in [-0.3, -0.25) is 9.69 Å². The van der Waals surface area contributed by atoms with E-state index in [0.29, 0.717) is 48.8 Å². The number of methoxy groups -OCH3 is 2. The Morgan fingerprint density at radius 3 is 2.36 bits per heavy atom. The van der Waals surface area contributed by atoms with Crippen LogP contribution in [0.2, 0.25) is 0 Å². The predicted molar refractivity (Wildman–Crippen MR) is 125 cm³/mol. The summed E-state index contributed by atoms with van der Waals surface area (Å²) in [5.74, 6) is 1.11. The van der Waals surface area contributed by atoms with E-state index < -0.39 is 10.0 Å². The van der Waals surface area contributed by atoms with Gasteiger partial charge in [-0.15, -0.1) is 0 Å². The summed E-state index contributed by atoms with van der Waals surface area (Å²) in [6, 6.07) is 11.4. The fourth-order valence-electron chi connectivity index (χ4n) is 3.79. The molecule has 0 unspecified atom stereocenters. The molecule has 180 valence electrons. The first-order valence-corrected chi connectivity index (χ1v) is 12.4. The molecule has 0 spiro atoms. The Morgan fingerprint density at radius 2 is 1.76 bits per heavy atom. The van der Waals surface area contributed by atoms with Gasteiger partial charge < -0.3 is 14.2 Å². The number of ketones is 1. The minimum absolute atomic E-state index is 0.109. The van der Waals surface area contributed by atoms with Crippen molar-refractivity contribution in [1.82, 2.24) is 9.21 Å². The third-order valence-electron chi connectivity index (χ3n) is 5.72. The summed E-state index contributed by atoms with van der Waals surface area (Å²) in [5, 5.41) is 0. The van der Waals surface area contributed by atoms with Crippen LogP contribution in [0.25, 0.3) is 0 Å². The van der Waals surface area contributed by atoms with E-state index in [4.69, 9.17) is 14.2 Å². The first-order valence-electron chi connectivity index (χ1n) is 11.0. The number of Topliss-reactive ketones (excluding diaryl/α,β-unsaturated/α-hetero) is 1. The average Bonchev–Trinajstić information content (AvgIpc) is 2.84. The van der Waals surface area contributed by atoms with Gasteiger partial charge in [-0.05, 0) is 50.2 Å². The lowest BCUT2D eigenvalue weighted by Crippen LogP contribution is -2.39. The molecule has 0 saturated carbocycles. The maximum Gasteiger partial charge on any atom is 0.243 e. The monoisotopic (exact) mass is 476 g/mol. The van der Waals surface area contributed by atoms with Gasteiger partial charge in [0.05, 0.1) is 32.3 Å². The summed E-state index contributed by atoms with van der Waals surface area (Å²) in [6.07, 6.45) is 0.678. The van der Waals surface area contributed by atoms with Gasteiger partial charge in [0.2, 0.25) is 10.0 Å². The third kappa shape index (κ3) is 6.54. The van der Waals surface area contributed by atoms with Gasteiger partial charge in [0, 0.05) is 37.3 Å². The maximum absolute atomic E-state index is 13.6. The van der Waals surface area contributed by atoms with Gasteiger partial charge in [0.1, 0.15) is 11.5 Å². The van der Waals surface area contributed by atoms with Crippen molar-refractivity contribution < 1.29 is 27.4 Å². The largest absolute Gasteiger partial charge is 0.497 e. The van der Waals surface area contributed by atoms with E-state index in [1.54, 1.807) is 44.6 Å². The molecular weight excluding hydrogens is 444 g/mol. The summed E-state index contributed by atoms with van der Waals surface area (Å²) in [4.78, 5) is 14.0. The number of hydrogen-bond acceptors (Lipinski definition) is 7. The van der Waals surface area contributed by atoms with E-state index in [1.165, 1.54) is 23.4 Å². The molecule has 2 aromatic rings. The summed E-state index contributed by atoms with van der Waals surface area (Å²) < 4.78 is 44.8. The zero-order chi connectivity index (χ0) is 23.8. The normalized spacial score (nSPS) is 14.9. The number of ether oxygens (including phenoxy) is 3. The minimum atomic E-state index is -3.81. The van der Waals surface area contributed by atoms with Crippen molar-refractivity contribution in [1.29, 1.82) is 0 Å². The number of sulfonamides is 1. The van der Waals surface area contributed by atoms with E-state index in [9.17, 15) is 13.2 Å². The summed E-state index contributed by atoms with van der Waals surface area (Å²) in [5.41, 5.74) is 1.19. The highest BCUT2D eigenvalue weighted by Gasteiger charge is 2.26. The van der Waals surface area contributed by atoms with E-state index in [1.807, 2.05) is 0 Å². The molecule has 0 bridgehead atoms. The second-order valence-electron chi connectivity index (χ2n) is 7.90. The quantitative estimate of drug-likeness (QED) is 0.461. The van der Waals surface area contributed by atoms with Gasteiger partial charge in [0.25, 0.3) is 0 Å². The summed E-state index contributed by atoms with van der Waals surface area (Å²) >= 11 is 0. The van der Waals surface area contributed by atoms with Crippen LogP contribution in [0, 0.1) is 0 Å². The second kappa shape index (κ2) is 11.6. The van der Waals surface area contributed by atoms with Crippen LogP contribution in [0.3, 0.4) is 0 Å². The SMILES string of the molecule is COc1ccc(OC)c(CN(CCCN2CCOCC2)S(=O)(=O)c2ccc(C(C)=O)cc2)c1. The zero-order valence-electron chi connectivity index (χ0n) is 19.5. The number of carbonyl (C=O) groups excluding carboxylic acids is 1. The molecular formula is C24H32N2O6S. The molecule has 1 aliphatic rings. The third-order valence-corrected chi connectivity index (χ3v) is 7.58. The number of benzene rings is 2. The summed E-state index contributed by atoms with van der Waals surface area (Å²) in [6.45, 7) is 5.82. The second-order valence-corrected chi connectivity index (χ2v) is 9.84. The highest BCUT2D eigenvalue weighted by Crippen LogP contribution is 2.28. The van der Waals surface area contributed by atoms with Crippen molar-refractivity contribution in [2.75, 3.05) is 53.6 Å². The fraction of sp³-hybridized carbons (Fsp3) is 0.458. The van der Waals surface area contributed by atoms with Gasteiger partial charge >= 0.3 is 0 Å². The molecule has 0 amide bonds. The van der Waals surface area contributed by atoms with Crippen LogP contribution >= 0.6 is 0 Å². The Morgan fingerprint density at radius 1 is 1.06 bits per heavy atom. The minimum Gasteiger partial charge on any atom is -0.497 e. The first kappa shape index (κ1) is 25.2.